The fourth-order valence-corrected chi connectivity index (χ4v) is 4.36. The largest absolute Gasteiger partial charge is 0.244 e. The molecule has 0 spiro atoms. The highest BCUT2D eigenvalue weighted by atomic mass is 32.2. The van der Waals surface area contributed by atoms with Crippen molar-refractivity contribution < 1.29 is 0 Å². The molecule has 3 rings (SSSR count). The summed E-state index contributed by atoms with van der Waals surface area (Å²) in [7, 11) is 0. The van der Waals surface area contributed by atoms with E-state index in [1.165, 1.54) is 0 Å². The highest BCUT2D eigenvalue weighted by Gasteiger charge is 2.20. The van der Waals surface area contributed by atoms with E-state index < -0.39 is 0 Å². The molecular formula is C18H16N4S2. The molecule has 0 amide bonds. The van der Waals surface area contributed by atoms with Crippen LogP contribution in [0.15, 0.2) is 58.3 Å². The van der Waals surface area contributed by atoms with Crippen molar-refractivity contribution in [3.63, 3.8) is 0 Å². The maximum Gasteiger partial charge on any atom is 0.100 e. The number of nitrogens with zero attached hydrogens (tertiary/aromatic N) is 4. The summed E-state index contributed by atoms with van der Waals surface area (Å²) in [5.41, 5.74) is 1.45. The van der Waals surface area contributed by atoms with Gasteiger partial charge in [-0.25, -0.2) is 8.61 Å². The summed E-state index contributed by atoms with van der Waals surface area (Å²) in [5, 5.41) is 18.4. The van der Waals surface area contributed by atoms with Crippen molar-refractivity contribution in [3.05, 3.63) is 59.7 Å². The van der Waals surface area contributed by atoms with Crippen molar-refractivity contribution in [2.45, 2.75) is 9.79 Å². The molecule has 1 heterocycles. The van der Waals surface area contributed by atoms with Gasteiger partial charge in [-0.15, -0.1) is 0 Å². The summed E-state index contributed by atoms with van der Waals surface area (Å²) in [6.07, 6.45) is 0. The van der Waals surface area contributed by atoms with Crippen LogP contribution < -0.4 is 0 Å². The third-order valence-electron chi connectivity index (χ3n) is 3.67. The van der Waals surface area contributed by atoms with Crippen molar-refractivity contribution in [2.24, 2.45) is 0 Å². The third-order valence-corrected chi connectivity index (χ3v) is 6.02. The predicted molar refractivity (Wildman–Crippen MR) is 97.2 cm³/mol. The van der Waals surface area contributed by atoms with E-state index in [1.807, 2.05) is 48.5 Å². The van der Waals surface area contributed by atoms with Crippen molar-refractivity contribution in [3.8, 4) is 12.1 Å². The van der Waals surface area contributed by atoms with Crippen LogP contribution in [0.5, 0.6) is 0 Å². The average molecular weight is 352 g/mol. The van der Waals surface area contributed by atoms with Gasteiger partial charge in [0.25, 0.3) is 0 Å². The minimum absolute atomic E-state index is 0.724. The lowest BCUT2D eigenvalue weighted by molar-refractivity contribution is 0.308. The van der Waals surface area contributed by atoms with E-state index in [9.17, 15) is 10.5 Å². The van der Waals surface area contributed by atoms with Crippen LogP contribution in [0.2, 0.25) is 0 Å². The van der Waals surface area contributed by atoms with Gasteiger partial charge in [0.1, 0.15) is 12.1 Å². The maximum absolute atomic E-state index is 9.18. The van der Waals surface area contributed by atoms with Gasteiger partial charge in [0.2, 0.25) is 0 Å². The fraction of sp³-hybridized carbons (Fsp3) is 0.222. The predicted octanol–water partition coefficient (Wildman–Crippen LogP) is 3.76. The van der Waals surface area contributed by atoms with E-state index >= 15 is 0 Å². The van der Waals surface area contributed by atoms with Gasteiger partial charge >= 0.3 is 0 Å². The molecule has 2 aromatic carbocycles. The monoisotopic (exact) mass is 352 g/mol. The van der Waals surface area contributed by atoms with Crippen molar-refractivity contribution >= 4 is 23.9 Å². The lowest BCUT2D eigenvalue weighted by atomic mass is 10.2. The van der Waals surface area contributed by atoms with E-state index in [0.717, 1.165) is 47.1 Å². The van der Waals surface area contributed by atoms with Gasteiger partial charge in [0.15, 0.2) is 0 Å². The van der Waals surface area contributed by atoms with Gasteiger partial charge in [0.05, 0.1) is 11.1 Å². The summed E-state index contributed by atoms with van der Waals surface area (Å²) in [6, 6.07) is 19.9. The first-order valence-corrected chi connectivity index (χ1v) is 9.19. The Kier molecular flexibility index (Phi) is 5.79. The molecule has 120 valence electrons. The van der Waals surface area contributed by atoms with Crippen LogP contribution in [-0.4, -0.2) is 34.8 Å². The van der Waals surface area contributed by atoms with E-state index in [1.54, 1.807) is 23.9 Å². The van der Waals surface area contributed by atoms with E-state index in [4.69, 9.17) is 0 Å². The van der Waals surface area contributed by atoms with Crippen LogP contribution in [0.3, 0.4) is 0 Å². The van der Waals surface area contributed by atoms with Crippen LogP contribution >= 0.6 is 23.9 Å². The Labute approximate surface area is 150 Å². The van der Waals surface area contributed by atoms with Crippen molar-refractivity contribution in [1.82, 2.24) is 8.61 Å². The van der Waals surface area contributed by atoms with Gasteiger partial charge in [-0.05, 0) is 48.2 Å². The summed E-state index contributed by atoms with van der Waals surface area (Å²) < 4.78 is 4.59. The van der Waals surface area contributed by atoms with E-state index in [0.29, 0.717) is 0 Å². The number of benzene rings is 2. The van der Waals surface area contributed by atoms with Gasteiger partial charge < -0.3 is 0 Å². The van der Waals surface area contributed by atoms with Crippen molar-refractivity contribution in [2.75, 3.05) is 26.2 Å². The molecule has 0 aromatic heterocycles. The molecule has 1 aliphatic rings. The number of nitriles is 2. The van der Waals surface area contributed by atoms with Gasteiger partial charge in [-0.1, -0.05) is 24.3 Å². The van der Waals surface area contributed by atoms with Gasteiger partial charge in [0, 0.05) is 36.0 Å². The minimum atomic E-state index is 0.724. The third kappa shape index (κ3) is 4.11. The van der Waals surface area contributed by atoms with Gasteiger partial charge in [-0.2, -0.15) is 10.5 Å². The molecular weight excluding hydrogens is 336 g/mol. The second-order valence-corrected chi connectivity index (χ2v) is 7.53. The highest BCUT2D eigenvalue weighted by molar-refractivity contribution is 7.97. The molecule has 24 heavy (non-hydrogen) atoms. The molecule has 0 atom stereocenters. The number of hydrogen-bond donors (Lipinski definition) is 0. The molecule has 2 aromatic rings. The average Bonchev–Trinajstić information content (AvgIpc) is 2.64. The maximum atomic E-state index is 9.18. The van der Waals surface area contributed by atoms with Crippen LogP contribution in [0.4, 0.5) is 0 Å². The zero-order chi connectivity index (χ0) is 16.8. The Bertz CT molecular complexity index is 719. The SMILES string of the molecule is N#Cc1ccccc1SN1CCN(Sc2ccccc2C#N)CC1. The molecule has 1 fully saturated rings. The number of rotatable bonds is 4. The normalized spacial score (nSPS) is 15.6. The van der Waals surface area contributed by atoms with E-state index in [-0.39, 0.29) is 0 Å². The van der Waals surface area contributed by atoms with E-state index in [2.05, 4.69) is 20.7 Å². The topological polar surface area (TPSA) is 54.1 Å². The quantitative estimate of drug-likeness (QED) is 0.781. The number of hydrogen-bond acceptors (Lipinski definition) is 6. The Morgan fingerprint density at radius 3 is 1.42 bits per heavy atom. The fourth-order valence-electron chi connectivity index (χ4n) is 2.41. The Morgan fingerprint density at radius 1 is 0.667 bits per heavy atom. The zero-order valence-corrected chi connectivity index (χ0v) is 14.7. The summed E-state index contributed by atoms with van der Waals surface area (Å²) in [6.45, 7) is 3.69. The Balaban J connectivity index is 1.56. The molecule has 4 nitrogen and oxygen atoms in total. The molecule has 6 heteroatoms. The first-order chi connectivity index (χ1) is 11.8. The smallest absolute Gasteiger partial charge is 0.100 e. The zero-order valence-electron chi connectivity index (χ0n) is 13.1. The summed E-state index contributed by atoms with van der Waals surface area (Å²) in [5.74, 6) is 0. The molecule has 1 saturated heterocycles. The lowest BCUT2D eigenvalue weighted by Crippen LogP contribution is -2.39. The standard InChI is InChI=1S/C18H16N4S2/c19-13-15-5-1-3-7-17(15)23-21-9-11-22(12-10-21)24-18-8-4-2-6-16(18)14-20/h1-8H,9-12H2. The minimum Gasteiger partial charge on any atom is -0.244 e. The summed E-state index contributed by atoms with van der Waals surface area (Å²) in [4.78, 5) is 2.02. The second kappa shape index (κ2) is 8.23. The van der Waals surface area contributed by atoms with Gasteiger partial charge in [-0.3, -0.25) is 0 Å². The highest BCUT2D eigenvalue weighted by Crippen LogP contribution is 2.30. The molecule has 0 radical (unpaired) electrons. The van der Waals surface area contributed by atoms with Crippen LogP contribution in [0.25, 0.3) is 0 Å². The first kappa shape index (κ1) is 16.9. The Morgan fingerprint density at radius 2 is 1.04 bits per heavy atom. The number of piperazine rings is 1. The molecule has 0 N–H and O–H groups in total. The molecule has 0 unspecified atom stereocenters. The molecule has 0 bridgehead atoms. The van der Waals surface area contributed by atoms with Crippen LogP contribution in [0.1, 0.15) is 11.1 Å². The molecule has 0 saturated carbocycles. The summed E-state index contributed by atoms with van der Waals surface area (Å²) >= 11 is 3.31. The lowest BCUT2D eigenvalue weighted by Gasteiger charge is -2.33. The van der Waals surface area contributed by atoms with Crippen LogP contribution in [0, 0.1) is 22.7 Å². The molecule has 1 aliphatic heterocycles. The van der Waals surface area contributed by atoms with Crippen molar-refractivity contribution in [1.29, 1.82) is 10.5 Å². The first-order valence-electron chi connectivity index (χ1n) is 7.64. The molecule has 0 aliphatic carbocycles. The Hall–Kier alpha value is -1.96. The second-order valence-electron chi connectivity index (χ2n) is 5.26. The van der Waals surface area contributed by atoms with Crippen LogP contribution in [-0.2, 0) is 0 Å².